The molecule has 4 heteroatoms. The minimum absolute atomic E-state index is 0.241. The van der Waals surface area contributed by atoms with Gasteiger partial charge in [0.1, 0.15) is 0 Å². The normalized spacial score (nSPS) is 17.8. The summed E-state index contributed by atoms with van der Waals surface area (Å²) in [6, 6.07) is 6.05. The van der Waals surface area contributed by atoms with Crippen LogP contribution in [0, 0.1) is 0 Å². The first-order valence-corrected chi connectivity index (χ1v) is 7.83. The predicted molar refractivity (Wildman–Crippen MR) is 83.2 cm³/mol. The maximum atomic E-state index is 6.22. The molecule has 2 rings (SSSR count). The van der Waals surface area contributed by atoms with Crippen molar-refractivity contribution in [3.8, 4) is 0 Å². The van der Waals surface area contributed by atoms with Crippen LogP contribution < -0.4 is 5.32 Å². The Labute approximate surface area is 126 Å². The van der Waals surface area contributed by atoms with Gasteiger partial charge in [0.05, 0.1) is 10.0 Å². The Morgan fingerprint density at radius 3 is 2.74 bits per heavy atom. The van der Waals surface area contributed by atoms with Crippen molar-refractivity contribution in [2.45, 2.75) is 32.2 Å². The lowest BCUT2D eigenvalue weighted by Gasteiger charge is -2.18. The molecule has 1 saturated heterocycles. The summed E-state index contributed by atoms with van der Waals surface area (Å²) in [7, 11) is 0. The summed E-state index contributed by atoms with van der Waals surface area (Å²) in [4.78, 5) is 2.54. The molecule has 1 atom stereocenters. The molecule has 1 heterocycles. The van der Waals surface area contributed by atoms with Crippen molar-refractivity contribution in [2.75, 3.05) is 26.2 Å². The lowest BCUT2D eigenvalue weighted by Crippen LogP contribution is -2.26. The van der Waals surface area contributed by atoms with Gasteiger partial charge in [0.15, 0.2) is 0 Å². The van der Waals surface area contributed by atoms with Crippen molar-refractivity contribution in [2.24, 2.45) is 0 Å². The molecule has 0 radical (unpaired) electrons. The molecule has 1 aliphatic heterocycles. The summed E-state index contributed by atoms with van der Waals surface area (Å²) in [6.45, 7) is 6.89. The smallest absolute Gasteiger partial charge is 0.0639 e. The molecule has 0 spiro atoms. The van der Waals surface area contributed by atoms with Crippen molar-refractivity contribution >= 4 is 23.2 Å². The van der Waals surface area contributed by atoms with E-state index in [9.17, 15) is 0 Å². The highest BCUT2D eigenvalue weighted by Crippen LogP contribution is 2.29. The zero-order chi connectivity index (χ0) is 13.7. The van der Waals surface area contributed by atoms with E-state index in [-0.39, 0.29) is 6.04 Å². The monoisotopic (exact) mass is 300 g/mol. The van der Waals surface area contributed by atoms with Crippen LogP contribution in [0.1, 0.15) is 37.8 Å². The molecule has 106 valence electrons. The van der Waals surface area contributed by atoms with Gasteiger partial charge in [-0.05, 0) is 64.0 Å². The fourth-order valence-electron chi connectivity index (χ4n) is 2.59. The van der Waals surface area contributed by atoms with Crippen LogP contribution >= 0.6 is 23.2 Å². The van der Waals surface area contributed by atoms with Crippen molar-refractivity contribution < 1.29 is 0 Å². The van der Waals surface area contributed by atoms with Gasteiger partial charge in [-0.3, -0.25) is 0 Å². The second-order valence-electron chi connectivity index (χ2n) is 5.22. The van der Waals surface area contributed by atoms with E-state index in [0.717, 1.165) is 12.1 Å². The van der Waals surface area contributed by atoms with Crippen LogP contribution in [0.5, 0.6) is 0 Å². The third-order valence-electron chi connectivity index (χ3n) is 3.75. The number of nitrogens with one attached hydrogen (secondary N) is 1. The van der Waals surface area contributed by atoms with Gasteiger partial charge >= 0.3 is 0 Å². The van der Waals surface area contributed by atoms with E-state index in [1.165, 1.54) is 38.9 Å². The summed E-state index contributed by atoms with van der Waals surface area (Å²) in [5, 5.41) is 4.82. The fraction of sp³-hybridized carbons (Fsp3) is 0.600. The molecule has 1 fully saturated rings. The highest BCUT2D eigenvalue weighted by Gasteiger charge is 2.12. The van der Waals surface area contributed by atoms with Gasteiger partial charge < -0.3 is 10.2 Å². The number of hydrogen-bond donors (Lipinski definition) is 1. The Hall–Kier alpha value is -0.280. The van der Waals surface area contributed by atoms with Crippen LogP contribution in [-0.4, -0.2) is 31.1 Å². The molecule has 19 heavy (non-hydrogen) atoms. The topological polar surface area (TPSA) is 15.3 Å². The summed E-state index contributed by atoms with van der Waals surface area (Å²) >= 11 is 12.3. The summed E-state index contributed by atoms with van der Waals surface area (Å²) < 4.78 is 0. The minimum Gasteiger partial charge on any atom is -0.310 e. The predicted octanol–water partition coefficient (Wildman–Crippen LogP) is 4.13. The SMILES string of the molecule is CC(NCCCN1CCCC1)c1cccc(Cl)c1Cl. The van der Waals surface area contributed by atoms with Gasteiger partial charge in [-0.25, -0.2) is 0 Å². The summed E-state index contributed by atoms with van der Waals surface area (Å²) in [6.07, 6.45) is 3.91. The molecule has 1 aliphatic rings. The number of nitrogens with zero attached hydrogens (tertiary/aromatic N) is 1. The molecular weight excluding hydrogens is 279 g/mol. The van der Waals surface area contributed by atoms with Crippen molar-refractivity contribution in [1.82, 2.24) is 10.2 Å². The molecule has 1 aromatic rings. The van der Waals surface area contributed by atoms with Crippen LogP contribution in [0.3, 0.4) is 0 Å². The molecule has 0 amide bonds. The Kier molecular flexibility index (Phi) is 5.96. The van der Waals surface area contributed by atoms with Gasteiger partial charge in [-0.2, -0.15) is 0 Å². The fourth-order valence-corrected chi connectivity index (χ4v) is 3.06. The van der Waals surface area contributed by atoms with Gasteiger partial charge in [0, 0.05) is 6.04 Å². The lowest BCUT2D eigenvalue weighted by atomic mass is 10.1. The minimum atomic E-state index is 0.241. The summed E-state index contributed by atoms with van der Waals surface area (Å²) in [5.41, 5.74) is 1.08. The van der Waals surface area contributed by atoms with Gasteiger partial charge in [-0.15, -0.1) is 0 Å². The molecule has 1 unspecified atom stereocenters. The van der Waals surface area contributed by atoms with E-state index < -0.39 is 0 Å². The molecule has 0 saturated carbocycles. The molecular formula is C15H22Cl2N2. The largest absolute Gasteiger partial charge is 0.310 e. The quantitative estimate of drug-likeness (QED) is 0.795. The average molecular weight is 301 g/mol. The first-order valence-electron chi connectivity index (χ1n) is 7.08. The number of rotatable bonds is 6. The third-order valence-corrected chi connectivity index (χ3v) is 4.58. The Bertz CT molecular complexity index is 403. The van der Waals surface area contributed by atoms with E-state index in [2.05, 4.69) is 17.1 Å². The third kappa shape index (κ3) is 4.35. The number of hydrogen-bond acceptors (Lipinski definition) is 2. The van der Waals surface area contributed by atoms with Crippen molar-refractivity contribution in [3.63, 3.8) is 0 Å². The second kappa shape index (κ2) is 7.49. The van der Waals surface area contributed by atoms with Gasteiger partial charge in [0.2, 0.25) is 0 Å². The van der Waals surface area contributed by atoms with E-state index in [1.807, 2.05) is 18.2 Å². The molecule has 1 N–H and O–H groups in total. The second-order valence-corrected chi connectivity index (χ2v) is 6.01. The van der Waals surface area contributed by atoms with E-state index in [0.29, 0.717) is 10.0 Å². The standard InChI is InChI=1S/C15H22Cl2N2/c1-12(13-6-4-7-14(16)15(13)17)18-8-5-11-19-9-2-3-10-19/h4,6-7,12,18H,2-3,5,8-11H2,1H3. The highest BCUT2D eigenvalue weighted by atomic mass is 35.5. The van der Waals surface area contributed by atoms with Crippen molar-refractivity contribution in [3.05, 3.63) is 33.8 Å². The van der Waals surface area contributed by atoms with Crippen LogP contribution in [0.2, 0.25) is 10.0 Å². The molecule has 2 nitrogen and oxygen atoms in total. The molecule has 0 aromatic heterocycles. The Morgan fingerprint density at radius 2 is 2.00 bits per heavy atom. The van der Waals surface area contributed by atoms with E-state index >= 15 is 0 Å². The molecule has 1 aromatic carbocycles. The maximum Gasteiger partial charge on any atom is 0.0639 e. The van der Waals surface area contributed by atoms with E-state index in [4.69, 9.17) is 23.2 Å². The maximum absolute atomic E-state index is 6.22. The summed E-state index contributed by atoms with van der Waals surface area (Å²) in [5.74, 6) is 0. The molecule has 0 aliphatic carbocycles. The van der Waals surface area contributed by atoms with Crippen molar-refractivity contribution in [1.29, 1.82) is 0 Å². The zero-order valence-electron chi connectivity index (χ0n) is 11.5. The molecule has 0 bridgehead atoms. The average Bonchev–Trinajstić information content (AvgIpc) is 2.91. The van der Waals surface area contributed by atoms with Crippen LogP contribution in [0.25, 0.3) is 0 Å². The highest BCUT2D eigenvalue weighted by molar-refractivity contribution is 6.42. The number of halogens is 2. The van der Waals surface area contributed by atoms with E-state index in [1.54, 1.807) is 0 Å². The Morgan fingerprint density at radius 1 is 1.26 bits per heavy atom. The first kappa shape index (κ1) is 15.1. The van der Waals surface area contributed by atoms with Gasteiger partial charge in [0.25, 0.3) is 0 Å². The zero-order valence-corrected chi connectivity index (χ0v) is 13.0. The Balaban J connectivity index is 1.74. The number of benzene rings is 1. The first-order chi connectivity index (χ1) is 9.18. The lowest BCUT2D eigenvalue weighted by molar-refractivity contribution is 0.328. The number of likely N-dealkylation sites (tertiary alicyclic amines) is 1. The van der Waals surface area contributed by atoms with Crippen LogP contribution in [-0.2, 0) is 0 Å². The van der Waals surface area contributed by atoms with Gasteiger partial charge in [-0.1, -0.05) is 35.3 Å². The van der Waals surface area contributed by atoms with Crippen LogP contribution in [0.4, 0.5) is 0 Å². The van der Waals surface area contributed by atoms with Crippen LogP contribution in [0.15, 0.2) is 18.2 Å².